The Kier molecular flexibility index (Phi) is 5.53. The molecule has 0 saturated carbocycles. The van der Waals surface area contributed by atoms with Crippen molar-refractivity contribution in [3.05, 3.63) is 35.2 Å². The number of amides is 1. The highest BCUT2D eigenvalue weighted by atomic mass is 16.5. The molecule has 2 aliphatic heterocycles. The topological polar surface area (TPSA) is 65.2 Å². The fourth-order valence-electron chi connectivity index (χ4n) is 4.48. The third-order valence-corrected chi connectivity index (χ3v) is 6.25. The van der Waals surface area contributed by atoms with Gasteiger partial charge < -0.3 is 14.2 Å². The van der Waals surface area contributed by atoms with Crippen LogP contribution in [0.1, 0.15) is 59.3 Å². The van der Waals surface area contributed by atoms with Gasteiger partial charge in [-0.05, 0) is 51.5 Å². The lowest BCUT2D eigenvalue weighted by Gasteiger charge is -2.33. The fourth-order valence-corrected chi connectivity index (χ4v) is 4.48. The third-order valence-electron chi connectivity index (χ3n) is 6.25. The average molecular weight is 386 g/mol. The minimum Gasteiger partial charge on any atom is -0.381 e. The van der Waals surface area contributed by atoms with Crippen molar-refractivity contribution in [3.63, 3.8) is 0 Å². The molecular weight excluding hydrogens is 354 g/mol. The van der Waals surface area contributed by atoms with Gasteiger partial charge in [0.15, 0.2) is 5.69 Å². The van der Waals surface area contributed by atoms with Gasteiger partial charge in [-0.2, -0.15) is 5.10 Å². The molecule has 2 aromatic rings. The Labute approximate surface area is 166 Å². The number of piperidine rings is 1. The second-order valence-corrected chi connectivity index (χ2v) is 8.31. The summed E-state index contributed by atoms with van der Waals surface area (Å²) in [6, 6.07) is 1.88. The summed E-state index contributed by atoms with van der Waals surface area (Å²) < 4.78 is 9.68. The van der Waals surface area contributed by atoms with Gasteiger partial charge in [0.1, 0.15) is 5.82 Å². The van der Waals surface area contributed by atoms with Gasteiger partial charge in [-0.3, -0.25) is 9.48 Å². The van der Waals surface area contributed by atoms with Crippen molar-refractivity contribution in [1.82, 2.24) is 24.2 Å². The van der Waals surface area contributed by atoms with E-state index in [9.17, 15) is 4.79 Å². The quantitative estimate of drug-likeness (QED) is 0.812. The van der Waals surface area contributed by atoms with Gasteiger partial charge >= 0.3 is 0 Å². The molecular formula is C21H31N5O2. The molecule has 2 fully saturated rings. The number of aromatic nitrogens is 4. The van der Waals surface area contributed by atoms with Crippen LogP contribution in [0.15, 0.2) is 12.3 Å². The van der Waals surface area contributed by atoms with Crippen LogP contribution in [0.25, 0.3) is 0 Å². The zero-order chi connectivity index (χ0) is 19.7. The molecule has 1 atom stereocenters. The monoisotopic (exact) mass is 385 g/mol. The molecule has 0 bridgehead atoms. The maximum absolute atomic E-state index is 12.9. The van der Waals surface area contributed by atoms with E-state index in [1.165, 1.54) is 11.5 Å². The van der Waals surface area contributed by atoms with Crippen molar-refractivity contribution in [1.29, 1.82) is 0 Å². The molecule has 0 N–H and O–H groups in total. The molecule has 4 rings (SSSR count). The summed E-state index contributed by atoms with van der Waals surface area (Å²) in [5.41, 5.74) is 2.78. The van der Waals surface area contributed by atoms with E-state index in [4.69, 9.17) is 9.72 Å². The number of likely N-dealkylation sites (tertiary alicyclic amines) is 1. The Hall–Kier alpha value is -2.15. The number of hydrogen-bond donors (Lipinski definition) is 0. The highest BCUT2D eigenvalue weighted by Crippen LogP contribution is 2.29. The molecule has 152 valence electrons. The van der Waals surface area contributed by atoms with Gasteiger partial charge in [0.2, 0.25) is 0 Å². The first-order chi connectivity index (χ1) is 13.5. The number of ether oxygens (including phenoxy) is 1. The Bertz CT molecular complexity index is 814. The molecule has 28 heavy (non-hydrogen) atoms. The lowest BCUT2D eigenvalue weighted by Crippen LogP contribution is -2.41. The number of aryl methyl sites for hydroxylation is 3. The minimum absolute atomic E-state index is 0.0559. The molecule has 2 saturated heterocycles. The lowest BCUT2D eigenvalue weighted by atomic mass is 9.96. The summed E-state index contributed by atoms with van der Waals surface area (Å²) in [6.07, 6.45) is 6.28. The van der Waals surface area contributed by atoms with Gasteiger partial charge in [-0.25, -0.2) is 4.98 Å². The molecule has 0 radical (unpaired) electrons. The molecule has 2 aromatic heterocycles. The van der Waals surface area contributed by atoms with E-state index in [2.05, 4.69) is 16.6 Å². The molecule has 0 aromatic carbocycles. The van der Waals surface area contributed by atoms with E-state index in [1.54, 1.807) is 4.68 Å². The number of carbonyl (C=O) groups excluding carboxylic acids is 1. The first-order valence-corrected chi connectivity index (χ1v) is 10.4. The van der Waals surface area contributed by atoms with Gasteiger partial charge in [-0.15, -0.1) is 0 Å². The van der Waals surface area contributed by atoms with E-state index in [0.717, 1.165) is 64.2 Å². The maximum Gasteiger partial charge on any atom is 0.274 e. The summed E-state index contributed by atoms with van der Waals surface area (Å²) in [7, 11) is 1.88. The van der Waals surface area contributed by atoms with Gasteiger partial charge in [0, 0.05) is 63.4 Å². The lowest BCUT2D eigenvalue weighted by molar-refractivity contribution is 0.0650. The summed E-state index contributed by atoms with van der Waals surface area (Å²) in [5, 5.41) is 4.37. The number of rotatable bonds is 4. The van der Waals surface area contributed by atoms with E-state index in [0.29, 0.717) is 17.5 Å². The van der Waals surface area contributed by atoms with E-state index >= 15 is 0 Å². The predicted molar refractivity (Wildman–Crippen MR) is 106 cm³/mol. The van der Waals surface area contributed by atoms with E-state index in [1.807, 2.05) is 31.1 Å². The van der Waals surface area contributed by atoms with E-state index in [-0.39, 0.29) is 5.91 Å². The summed E-state index contributed by atoms with van der Waals surface area (Å²) >= 11 is 0. The van der Waals surface area contributed by atoms with E-state index < -0.39 is 0 Å². The SMILES string of the molecule is Cc1cc(C(=O)N2CCCC(Cn3c(C)cnc3C3CCOCC3)C2)nn1C. The molecule has 0 aliphatic carbocycles. The van der Waals surface area contributed by atoms with Crippen molar-refractivity contribution in [2.24, 2.45) is 13.0 Å². The van der Waals surface area contributed by atoms with Crippen LogP contribution >= 0.6 is 0 Å². The Morgan fingerprint density at radius 3 is 2.71 bits per heavy atom. The normalized spacial score (nSPS) is 21.2. The van der Waals surface area contributed by atoms with Gasteiger partial charge in [0.25, 0.3) is 5.91 Å². The van der Waals surface area contributed by atoms with Crippen LogP contribution in [0.4, 0.5) is 0 Å². The zero-order valence-electron chi connectivity index (χ0n) is 17.2. The summed E-state index contributed by atoms with van der Waals surface area (Å²) in [5.74, 6) is 2.19. The number of carbonyl (C=O) groups is 1. The van der Waals surface area contributed by atoms with Crippen molar-refractivity contribution in [2.75, 3.05) is 26.3 Å². The van der Waals surface area contributed by atoms with Crippen molar-refractivity contribution in [2.45, 2.75) is 52.0 Å². The number of imidazole rings is 1. The smallest absolute Gasteiger partial charge is 0.274 e. The fraction of sp³-hybridized carbons (Fsp3) is 0.667. The average Bonchev–Trinajstić information content (AvgIpc) is 3.24. The second-order valence-electron chi connectivity index (χ2n) is 8.31. The Balaban J connectivity index is 1.45. The van der Waals surface area contributed by atoms with Crippen LogP contribution in [0.3, 0.4) is 0 Å². The number of hydrogen-bond acceptors (Lipinski definition) is 4. The molecule has 7 heteroatoms. The molecule has 4 heterocycles. The first kappa shape index (κ1) is 19.2. The molecule has 7 nitrogen and oxygen atoms in total. The van der Waals surface area contributed by atoms with Crippen LogP contribution in [-0.2, 0) is 18.3 Å². The highest BCUT2D eigenvalue weighted by molar-refractivity contribution is 5.92. The first-order valence-electron chi connectivity index (χ1n) is 10.4. The molecule has 1 amide bonds. The Morgan fingerprint density at radius 1 is 1.21 bits per heavy atom. The third kappa shape index (κ3) is 3.85. The van der Waals surface area contributed by atoms with Crippen LogP contribution in [0, 0.1) is 19.8 Å². The van der Waals surface area contributed by atoms with Crippen LogP contribution < -0.4 is 0 Å². The van der Waals surface area contributed by atoms with Gasteiger partial charge in [-0.1, -0.05) is 0 Å². The summed E-state index contributed by atoms with van der Waals surface area (Å²) in [4.78, 5) is 19.6. The van der Waals surface area contributed by atoms with Gasteiger partial charge in [0.05, 0.1) is 0 Å². The van der Waals surface area contributed by atoms with Crippen molar-refractivity contribution < 1.29 is 9.53 Å². The standard InChI is InChI=1S/C21H31N5O2/c1-15-11-19(23-24(15)3)21(27)25-8-4-5-17(13-25)14-26-16(2)12-22-20(26)18-6-9-28-10-7-18/h11-12,17-18H,4-10,13-14H2,1-3H3. The highest BCUT2D eigenvalue weighted by Gasteiger charge is 2.28. The Morgan fingerprint density at radius 2 is 2.00 bits per heavy atom. The summed E-state index contributed by atoms with van der Waals surface area (Å²) in [6.45, 7) is 8.31. The van der Waals surface area contributed by atoms with Crippen molar-refractivity contribution in [3.8, 4) is 0 Å². The van der Waals surface area contributed by atoms with Crippen LogP contribution in [0.2, 0.25) is 0 Å². The maximum atomic E-state index is 12.9. The molecule has 2 aliphatic rings. The second kappa shape index (κ2) is 8.07. The van der Waals surface area contributed by atoms with Crippen molar-refractivity contribution >= 4 is 5.91 Å². The predicted octanol–water partition coefficient (Wildman–Crippen LogP) is 2.68. The molecule has 1 unspecified atom stereocenters. The minimum atomic E-state index is 0.0559. The zero-order valence-corrected chi connectivity index (χ0v) is 17.2. The largest absolute Gasteiger partial charge is 0.381 e. The van der Waals surface area contributed by atoms with Crippen LogP contribution in [-0.4, -0.2) is 56.4 Å². The van der Waals surface area contributed by atoms with Crippen LogP contribution in [0.5, 0.6) is 0 Å². The number of nitrogens with zero attached hydrogens (tertiary/aromatic N) is 5. The molecule has 0 spiro atoms.